The number of fused-ring (bicyclic) bond motifs is 12. The van der Waals surface area contributed by atoms with Crippen molar-refractivity contribution in [3.05, 3.63) is 202 Å². The number of aryl methyl sites for hydroxylation is 2. The van der Waals surface area contributed by atoms with Gasteiger partial charge in [-0.3, -0.25) is 0 Å². The molecule has 3 aliphatic heterocycles. The van der Waals surface area contributed by atoms with Crippen LogP contribution in [0.4, 0.5) is 34.1 Å². The molecule has 2 atom stereocenters. The summed E-state index contributed by atoms with van der Waals surface area (Å²) < 4.78 is 6.77. The topological polar surface area (TPSA) is 15.7 Å². The van der Waals surface area contributed by atoms with Crippen LogP contribution in [0, 0.1) is 44.4 Å². The molecule has 282 valence electrons. The van der Waals surface area contributed by atoms with Gasteiger partial charge in [0.2, 0.25) is 0 Å². The van der Waals surface area contributed by atoms with Gasteiger partial charge in [-0.1, -0.05) is 115 Å². The normalized spacial score (nSPS) is 24.5. The summed E-state index contributed by atoms with van der Waals surface area (Å²) in [5.74, 6) is 5.08. The molecule has 4 aliphatic carbocycles. The second kappa shape index (κ2) is 11.5. The molecule has 0 amide bonds. The first-order valence-corrected chi connectivity index (χ1v) is 21.5. The zero-order valence-electron chi connectivity index (χ0n) is 33.4. The second-order valence-electron chi connectivity index (χ2n) is 18.2. The number of para-hydroxylation sites is 6. The van der Waals surface area contributed by atoms with E-state index in [1.54, 1.807) is 5.56 Å². The van der Waals surface area contributed by atoms with Gasteiger partial charge in [0, 0.05) is 22.2 Å². The van der Waals surface area contributed by atoms with Gasteiger partial charge in [-0.15, -0.1) is 0 Å². The van der Waals surface area contributed by atoms with E-state index >= 15 is 0 Å². The SMILES string of the molecule is Cc1ccccc1N1c2ccccc2C2(c3ccccc3Oc3ccccc32)c2ccc(N3c4ccccc4C4(c5cccc(C)c53)C3CC5CC(C5)CC34)c(C)c21. The average molecular weight is 751 g/mol. The monoisotopic (exact) mass is 750 g/mol. The number of nitrogens with zero attached hydrogens (tertiary/aromatic N) is 2. The Morgan fingerprint density at radius 1 is 0.414 bits per heavy atom. The van der Waals surface area contributed by atoms with Crippen LogP contribution in [0.25, 0.3) is 0 Å². The number of hydrogen-bond acceptors (Lipinski definition) is 3. The van der Waals surface area contributed by atoms with E-state index in [1.807, 2.05) is 0 Å². The Morgan fingerprint density at radius 3 is 1.60 bits per heavy atom. The highest BCUT2D eigenvalue weighted by Gasteiger charge is 2.71. The summed E-state index contributed by atoms with van der Waals surface area (Å²) in [6.45, 7) is 6.98. The standard InChI is InChI=1S/C55H46N2O/c1-33-15-4-9-22-46(33)56-48-23-10-5-17-38(48)54(40-19-7-12-25-50(40)58-51-26-13-8-20-41(51)54)43-27-28-47(35(3)53(43)56)57-49-24-11-6-18-39(49)55(42-21-14-16-34(2)52(42)57)44-31-36-29-37(30-36)32-45(44)55/h4-28,36-37,44-45H,29-32H2,1-3H3. The number of benzene rings is 7. The Morgan fingerprint density at radius 2 is 0.931 bits per heavy atom. The van der Waals surface area contributed by atoms with Crippen molar-refractivity contribution in [1.29, 1.82) is 0 Å². The molecule has 4 saturated carbocycles. The van der Waals surface area contributed by atoms with E-state index in [4.69, 9.17) is 4.74 Å². The van der Waals surface area contributed by atoms with E-state index in [9.17, 15) is 0 Å². The minimum absolute atomic E-state index is 0.0968. The van der Waals surface area contributed by atoms with E-state index in [2.05, 4.69) is 182 Å². The van der Waals surface area contributed by atoms with Crippen LogP contribution < -0.4 is 14.5 Å². The highest BCUT2D eigenvalue weighted by atomic mass is 16.5. The van der Waals surface area contributed by atoms with E-state index in [-0.39, 0.29) is 5.41 Å². The highest BCUT2D eigenvalue weighted by Crippen LogP contribution is 2.76. The van der Waals surface area contributed by atoms with Crippen LogP contribution in [0.3, 0.4) is 0 Å². The molecule has 0 radical (unpaired) electrons. The molecule has 7 aromatic rings. The van der Waals surface area contributed by atoms with Gasteiger partial charge in [0.1, 0.15) is 11.5 Å². The largest absolute Gasteiger partial charge is 0.457 e. The van der Waals surface area contributed by atoms with Gasteiger partial charge in [-0.05, 0) is 145 Å². The molecule has 7 aliphatic rings. The average Bonchev–Trinajstić information content (AvgIpc) is 3.95. The maximum atomic E-state index is 6.77. The van der Waals surface area contributed by atoms with Crippen molar-refractivity contribution >= 4 is 34.1 Å². The van der Waals surface area contributed by atoms with Crippen molar-refractivity contribution in [3.8, 4) is 11.5 Å². The van der Waals surface area contributed by atoms with Gasteiger partial charge in [0.25, 0.3) is 0 Å². The number of hydrogen-bond donors (Lipinski definition) is 0. The maximum absolute atomic E-state index is 6.77. The van der Waals surface area contributed by atoms with E-state index in [1.165, 1.54) is 104 Å². The summed E-state index contributed by atoms with van der Waals surface area (Å²) >= 11 is 0. The molecule has 0 N–H and O–H groups in total. The molecule has 2 spiro atoms. The highest BCUT2D eigenvalue weighted by molar-refractivity contribution is 5.98. The van der Waals surface area contributed by atoms with Crippen molar-refractivity contribution in [2.24, 2.45) is 23.7 Å². The van der Waals surface area contributed by atoms with E-state index < -0.39 is 5.41 Å². The van der Waals surface area contributed by atoms with Crippen molar-refractivity contribution in [2.75, 3.05) is 9.80 Å². The van der Waals surface area contributed by atoms with Crippen LogP contribution in [-0.4, -0.2) is 0 Å². The first-order valence-electron chi connectivity index (χ1n) is 21.5. The Balaban J connectivity index is 1.12. The quantitative estimate of drug-likeness (QED) is 0.175. The van der Waals surface area contributed by atoms with Gasteiger partial charge in [0.05, 0.1) is 33.9 Å². The van der Waals surface area contributed by atoms with Gasteiger partial charge in [-0.2, -0.15) is 0 Å². The molecule has 0 aromatic heterocycles. The predicted octanol–water partition coefficient (Wildman–Crippen LogP) is 14.0. The van der Waals surface area contributed by atoms with Gasteiger partial charge >= 0.3 is 0 Å². The lowest BCUT2D eigenvalue weighted by Crippen LogP contribution is -2.40. The van der Waals surface area contributed by atoms with Crippen molar-refractivity contribution in [3.63, 3.8) is 0 Å². The molecule has 3 nitrogen and oxygen atoms in total. The fourth-order valence-electron chi connectivity index (χ4n) is 13.3. The molecule has 14 rings (SSSR count). The lowest BCUT2D eigenvalue weighted by atomic mass is 9.60. The van der Waals surface area contributed by atoms with E-state index in [0.717, 1.165) is 35.2 Å². The van der Waals surface area contributed by atoms with Crippen LogP contribution in [0.15, 0.2) is 152 Å². The summed E-state index contributed by atoms with van der Waals surface area (Å²) in [6, 6.07) is 57.0. The van der Waals surface area contributed by atoms with Gasteiger partial charge < -0.3 is 14.5 Å². The van der Waals surface area contributed by atoms with Crippen LogP contribution in [0.5, 0.6) is 11.5 Å². The zero-order chi connectivity index (χ0) is 38.5. The fourth-order valence-corrected chi connectivity index (χ4v) is 13.3. The van der Waals surface area contributed by atoms with Crippen molar-refractivity contribution in [2.45, 2.75) is 57.3 Å². The number of anilines is 6. The molecule has 3 heteroatoms. The molecule has 58 heavy (non-hydrogen) atoms. The third-order valence-corrected chi connectivity index (χ3v) is 15.5. The minimum atomic E-state index is -0.611. The van der Waals surface area contributed by atoms with Gasteiger partial charge in [0.15, 0.2) is 0 Å². The van der Waals surface area contributed by atoms with Crippen molar-refractivity contribution < 1.29 is 4.74 Å². The Labute approximate surface area is 341 Å². The maximum Gasteiger partial charge on any atom is 0.132 e. The van der Waals surface area contributed by atoms with Crippen molar-refractivity contribution in [1.82, 2.24) is 0 Å². The number of ether oxygens (including phenoxy) is 1. The molecule has 7 aromatic carbocycles. The summed E-state index contributed by atoms with van der Waals surface area (Å²) in [7, 11) is 0. The van der Waals surface area contributed by atoms with Crippen LogP contribution in [0.2, 0.25) is 0 Å². The molecule has 0 saturated heterocycles. The first-order chi connectivity index (χ1) is 28.5. The Bertz CT molecular complexity index is 2820. The molecule has 3 heterocycles. The zero-order valence-corrected chi connectivity index (χ0v) is 33.4. The third-order valence-electron chi connectivity index (χ3n) is 15.5. The smallest absolute Gasteiger partial charge is 0.132 e. The van der Waals surface area contributed by atoms with E-state index in [0.29, 0.717) is 0 Å². The molecule has 2 unspecified atom stereocenters. The third kappa shape index (κ3) is 3.95. The molecule has 2 bridgehead atoms. The molecular weight excluding hydrogens is 705 g/mol. The lowest BCUT2D eigenvalue weighted by molar-refractivity contribution is 0.176. The van der Waals surface area contributed by atoms with Gasteiger partial charge in [-0.25, -0.2) is 0 Å². The summed E-state index contributed by atoms with van der Waals surface area (Å²) in [6.07, 6.45) is 5.66. The number of rotatable bonds is 2. The Hall–Kier alpha value is -6.06. The fraction of sp³-hybridized carbons (Fsp3) is 0.236. The second-order valence-corrected chi connectivity index (χ2v) is 18.2. The van der Waals surface area contributed by atoms with Crippen LogP contribution in [-0.2, 0) is 10.8 Å². The van der Waals surface area contributed by atoms with Crippen LogP contribution in [0.1, 0.15) is 75.8 Å². The molecular formula is C55H46N2O. The summed E-state index contributed by atoms with van der Waals surface area (Å²) in [4.78, 5) is 5.24. The minimum Gasteiger partial charge on any atom is -0.457 e. The van der Waals surface area contributed by atoms with Crippen LogP contribution >= 0.6 is 0 Å². The summed E-state index contributed by atoms with van der Waals surface area (Å²) in [5, 5.41) is 0. The lowest BCUT2D eigenvalue weighted by Gasteiger charge is -2.50. The first kappa shape index (κ1) is 33.0. The Kier molecular flexibility index (Phi) is 6.56. The predicted molar refractivity (Wildman–Crippen MR) is 235 cm³/mol. The summed E-state index contributed by atoms with van der Waals surface area (Å²) in [5.41, 5.74) is 18.9. The molecule has 4 fully saturated rings.